The molecule has 0 bridgehead atoms. The molecule has 1 saturated heterocycles. The van der Waals surface area contributed by atoms with Crippen molar-refractivity contribution in [1.29, 1.82) is 0 Å². The van der Waals surface area contributed by atoms with Crippen LogP contribution in [0.15, 0.2) is 0 Å². The summed E-state index contributed by atoms with van der Waals surface area (Å²) in [6.45, 7) is 5.29. The maximum Gasteiger partial charge on any atom is 0.308 e. The van der Waals surface area contributed by atoms with Gasteiger partial charge in [-0.05, 0) is 12.3 Å². The minimum absolute atomic E-state index is 0.0209. The summed E-state index contributed by atoms with van der Waals surface area (Å²) in [5, 5.41) is 8.93. The number of carboxylic acids is 1. The van der Waals surface area contributed by atoms with Crippen LogP contribution in [0.2, 0.25) is 0 Å². The molecule has 1 fully saturated rings. The van der Waals surface area contributed by atoms with E-state index in [0.717, 1.165) is 6.42 Å². The zero-order valence-electron chi connectivity index (χ0n) is 9.81. The van der Waals surface area contributed by atoms with Crippen molar-refractivity contribution in [2.24, 2.45) is 11.8 Å². The largest absolute Gasteiger partial charge is 0.481 e. The van der Waals surface area contributed by atoms with Gasteiger partial charge in [0, 0.05) is 19.7 Å². The minimum Gasteiger partial charge on any atom is -0.481 e. The van der Waals surface area contributed by atoms with Crippen molar-refractivity contribution in [2.45, 2.75) is 20.3 Å². The van der Waals surface area contributed by atoms with Crippen LogP contribution in [0, 0.1) is 11.8 Å². The zero-order chi connectivity index (χ0) is 12.1. The second-order valence-electron chi connectivity index (χ2n) is 4.27. The van der Waals surface area contributed by atoms with Gasteiger partial charge >= 0.3 is 5.97 Å². The summed E-state index contributed by atoms with van der Waals surface area (Å²) in [5.41, 5.74) is 0. The van der Waals surface area contributed by atoms with Gasteiger partial charge in [0.1, 0.15) is 6.61 Å². The predicted octanol–water partition coefficient (Wildman–Crippen LogP) is 0.592. The summed E-state index contributed by atoms with van der Waals surface area (Å²) in [7, 11) is 0. The Labute approximate surface area is 95.4 Å². The summed E-state index contributed by atoms with van der Waals surface area (Å²) in [4.78, 5) is 24.1. The van der Waals surface area contributed by atoms with E-state index in [1.807, 2.05) is 13.8 Å². The normalized spacial score (nSPS) is 24.8. The molecule has 1 aliphatic rings. The maximum absolute atomic E-state index is 11.6. The third-order valence-electron chi connectivity index (χ3n) is 2.86. The smallest absolute Gasteiger partial charge is 0.308 e. The number of ether oxygens (including phenoxy) is 1. The predicted molar refractivity (Wildman–Crippen MR) is 58.0 cm³/mol. The van der Waals surface area contributed by atoms with Crippen molar-refractivity contribution in [3.8, 4) is 0 Å². The molecule has 0 aromatic heterocycles. The van der Waals surface area contributed by atoms with E-state index in [1.54, 1.807) is 4.90 Å². The third-order valence-corrected chi connectivity index (χ3v) is 2.86. The Morgan fingerprint density at radius 2 is 2.12 bits per heavy atom. The van der Waals surface area contributed by atoms with Crippen LogP contribution >= 0.6 is 0 Å². The molecule has 2 atom stereocenters. The molecule has 1 rings (SSSR count). The van der Waals surface area contributed by atoms with Crippen LogP contribution in [-0.2, 0) is 14.3 Å². The maximum atomic E-state index is 11.6. The highest BCUT2D eigenvalue weighted by molar-refractivity contribution is 5.79. The monoisotopic (exact) mass is 229 g/mol. The molecule has 0 aliphatic carbocycles. The minimum atomic E-state index is -0.822. The van der Waals surface area contributed by atoms with Gasteiger partial charge in [-0.3, -0.25) is 9.59 Å². The van der Waals surface area contributed by atoms with Crippen LogP contribution < -0.4 is 0 Å². The van der Waals surface area contributed by atoms with Gasteiger partial charge in [-0.1, -0.05) is 13.8 Å². The second kappa shape index (κ2) is 5.84. The van der Waals surface area contributed by atoms with E-state index in [-0.39, 0.29) is 18.4 Å². The highest BCUT2D eigenvalue weighted by Gasteiger charge is 2.36. The number of hydrogen-bond donors (Lipinski definition) is 1. The molecule has 0 radical (unpaired) electrons. The SMILES string of the molecule is CCCOCC(=O)N1C[C@@H](C)[C@H](C(=O)O)C1. The van der Waals surface area contributed by atoms with Crippen LogP contribution in [-0.4, -0.2) is 48.2 Å². The Hall–Kier alpha value is -1.10. The Morgan fingerprint density at radius 3 is 2.62 bits per heavy atom. The van der Waals surface area contributed by atoms with E-state index in [2.05, 4.69) is 0 Å². The first-order chi connectivity index (χ1) is 7.56. The number of aliphatic carboxylic acids is 1. The Balaban J connectivity index is 2.39. The number of nitrogens with zero attached hydrogens (tertiary/aromatic N) is 1. The Kier molecular flexibility index (Phi) is 4.73. The highest BCUT2D eigenvalue weighted by atomic mass is 16.5. The first-order valence-electron chi connectivity index (χ1n) is 5.64. The van der Waals surface area contributed by atoms with Gasteiger partial charge < -0.3 is 14.7 Å². The summed E-state index contributed by atoms with van der Waals surface area (Å²) in [5.74, 6) is -1.34. The lowest BCUT2D eigenvalue weighted by Crippen LogP contribution is -2.33. The quantitative estimate of drug-likeness (QED) is 0.701. The van der Waals surface area contributed by atoms with E-state index >= 15 is 0 Å². The average molecular weight is 229 g/mol. The van der Waals surface area contributed by atoms with Gasteiger partial charge in [0.25, 0.3) is 0 Å². The van der Waals surface area contributed by atoms with Gasteiger partial charge in [0.05, 0.1) is 5.92 Å². The number of carbonyl (C=O) groups excluding carboxylic acids is 1. The molecule has 0 saturated carbocycles. The highest BCUT2D eigenvalue weighted by Crippen LogP contribution is 2.23. The Morgan fingerprint density at radius 1 is 1.44 bits per heavy atom. The fourth-order valence-corrected chi connectivity index (χ4v) is 1.89. The van der Waals surface area contributed by atoms with Crippen molar-refractivity contribution in [3.05, 3.63) is 0 Å². The van der Waals surface area contributed by atoms with E-state index < -0.39 is 11.9 Å². The third kappa shape index (κ3) is 3.20. The molecule has 0 aromatic rings. The standard InChI is InChI=1S/C11H19NO4/c1-3-4-16-7-10(13)12-5-8(2)9(6-12)11(14)15/h8-9H,3-7H2,1-2H3,(H,14,15)/t8-,9-/m1/s1. The molecule has 1 aliphatic heterocycles. The Bertz CT molecular complexity index is 267. The topological polar surface area (TPSA) is 66.8 Å². The summed E-state index contributed by atoms with van der Waals surface area (Å²) >= 11 is 0. The molecule has 1 heterocycles. The van der Waals surface area contributed by atoms with Crippen molar-refractivity contribution in [3.63, 3.8) is 0 Å². The lowest BCUT2D eigenvalue weighted by Gasteiger charge is -2.15. The number of carboxylic acid groups (broad SMARTS) is 1. The van der Waals surface area contributed by atoms with Crippen LogP contribution in [0.5, 0.6) is 0 Å². The van der Waals surface area contributed by atoms with E-state index in [9.17, 15) is 9.59 Å². The van der Waals surface area contributed by atoms with Crippen molar-refractivity contribution < 1.29 is 19.4 Å². The van der Waals surface area contributed by atoms with Crippen LogP contribution in [0.3, 0.4) is 0 Å². The number of rotatable bonds is 5. The second-order valence-corrected chi connectivity index (χ2v) is 4.27. The van der Waals surface area contributed by atoms with Gasteiger partial charge in [0.2, 0.25) is 5.91 Å². The van der Waals surface area contributed by atoms with Crippen molar-refractivity contribution in [1.82, 2.24) is 4.90 Å². The molecule has 5 nitrogen and oxygen atoms in total. The summed E-state index contributed by atoms with van der Waals surface area (Å²) < 4.78 is 5.15. The van der Waals surface area contributed by atoms with Gasteiger partial charge in [-0.25, -0.2) is 0 Å². The summed E-state index contributed by atoms with van der Waals surface area (Å²) in [6, 6.07) is 0. The van der Waals surface area contributed by atoms with Crippen molar-refractivity contribution >= 4 is 11.9 Å². The number of likely N-dealkylation sites (tertiary alicyclic amines) is 1. The molecule has 92 valence electrons. The molecular weight excluding hydrogens is 210 g/mol. The average Bonchev–Trinajstić information content (AvgIpc) is 2.60. The molecule has 0 unspecified atom stereocenters. The molecule has 1 N–H and O–H groups in total. The molecule has 16 heavy (non-hydrogen) atoms. The fourth-order valence-electron chi connectivity index (χ4n) is 1.89. The van der Waals surface area contributed by atoms with Crippen LogP contribution in [0.4, 0.5) is 0 Å². The van der Waals surface area contributed by atoms with Crippen LogP contribution in [0.25, 0.3) is 0 Å². The summed E-state index contributed by atoms with van der Waals surface area (Å²) in [6.07, 6.45) is 0.876. The van der Waals surface area contributed by atoms with Crippen LogP contribution in [0.1, 0.15) is 20.3 Å². The fraction of sp³-hybridized carbons (Fsp3) is 0.818. The molecule has 0 aromatic carbocycles. The number of hydrogen-bond acceptors (Lipinski definition) is 3. The lowest BCUT2D eigenvalue weighted by atomic mass is 9.99. The van der Waals surface area contributed by atoms with E-state index in [0.29, 0.717) is 19.7 Å². The molecular formula is C11H19NO4. The molecule has 5 heteroatoms. The first kappa shape index (κ1) is 13.0. The lowest BCUT2D eigenvalue weighted by molar-refractivity contribution is -0.142. The van der Waals surface area contributed by atoms with E-state index in [4.69, 9.17) is 9.84 Å². The van der Waals surface area contributed by atoms with E-state index in [1.165, 1.54) is 0 Å². The number of carbonyl (C=O) groups is 2. The molecule has 0 spiro atoms. The molecule has 1 amide bonds. The zero-order valence-corrected chi connectivity index (χ0v) is 9.81. The number of amides is 1. The van der Waals surface area contributed by atoms with Gasteiger partial charge in [0.15, 0.2) is 0 Å². The first-order valence-corrected chi connectivity index (χ1v) is 5.64. The van der Waals surface area contributed by atoms with Crippen molar-refractivity contribution in [2.75, 3.05) is 26.3 Å². The van der Waals surface area contributed by atoms with Gasteiger partial charge in [-0.15, -0.1) is 0 Å². The van der Waals surface area contributed by atoms with Gasteiger partial charge in [-0.2, -0.15) is 0 Å².